The van der Waals surface area contributed by atoms with Gasteiger partial charge in [-0.05, 0) is 45.2 Å². The van der Waals surface area contributed by atoms with E-state index in [9.17, 15) is 0 Å². The molecule has 1 aliphatic carbocycles. The Balaban J connectivity index is 0.00000361. The molecule has 0 aliphatic heterocycles. The van der Waals surface area contributed by atoms with E-state index in [2.05, 4.69) is 43.4 Å². The fourth-order valence-electron chi connectivity index (χ4n) is 2.41. The van der Waals surface area contributed by atoms with Crippen molar-refractivity contribution in [3.05, 3.63) is 0 Å². The van der Waals surface area contributed by atoms with Gasteiger partial charge in [0, 0.05) is 26.2 Å². The second-order valence-electron chi connectivity index (χ2n) is 5.72. The van der Waals surface area contributed by atoms with Gasteiger partial charge in [0.15, 0.2) is 5.96 Å². The molecule has 0 aromatic heterocycles. The number of hydrogen-bond donors (Lipinski definition) is 2. The Labute approximate surface area is 142 Å². The molecule has 0 saturated heterocycles. The zero-order chi connectivity index (χ0) is 14.1. The van der Waals surface area contributed by atoms with Crippen molar-refractivity contribution in [2.45, 2.75) is 46.5 Å². The SMILES string of the molecule is CCNC(=NCC1(CC)CCC1)NCCN(C)CC.I. The molecule has 1 rings (SSSR count). The van der Waals surface area contributed by atoms with Crippen LogP contribution in [-0.2, 0) is 0 Å². The average Bonchev–Trinajstić information content (AvgIpc) is 2.37. The van der Waals surface area contributed by atoms with Gasteiger partial charge in [-0.15, -0.1) is 24.0 Å². The van der Waals surface area contributed by atoms with Crippen LogP contribution in [0.15, 0.2) is 4.99 Å². The summed E-state index contributed by atoms with van der Waals surface area (Å²) < 4.78 is 0. The number of halogens is 1. The molecular weight excluding hydrogens is 363 g/mol. The highest BCUT2D eigenvalue weighted by molar-refractivity contribution is 14.0. The number of aliphatic imine (C=N–C) groups is 1. The highest BCUT2D eigenvalue weighted by Crippen LogP contribution is 2.43. The summed E-state index contributed by atoms with van der Waals surface area (Å²) in [5.41, 5.74) is 0.503. The molecular formula is C15H33IN4. The zero-order valence-corrected chi connectivity index (χ0v) is 16.0. The minimum absolute atomic E-state index is 0. The smallest absolute Gasteiger partial charge is 0.191 e. The van der Waals surface area contributed by atoms with Gasteiger partial charge in [-0.2, -0.15) is 0 Å². The lowest BCUT2D eigenvalue weighted by Gasteiger charge is -2.40. The van der Waals surface area contributed by atoms with Crippen LogP contribution in [0.5, 0.6) is 0 Å². The maximum atomic E-state index is 4.78. The van der Waals surface area contributed by atoms with Crippen molar-refractivity contribution >= 4 is 29.9 Å². The molecule has 0 aromatic carbocycles. The molecule has 0 heterocycles. The van der Waals surface area contributed by atoms with Crippen molar-refractivity contribution in [1.29, 1.82) is 0 Å². The summed E-state index contributed by atoms with van der Waals surface area (Å²) in [6.45, 7) is 11.6. The third-order valence-electron chi connectivity index (χ3n) is 4.41. The number of likely N-dealkylation sites (N-methyl/N-ethyl adjacent to an activating group) is 1. The Kier molecular flexibility index (Phi) is 10.6. The van der Waals surface area contributed by atoms with Crippen LogP contribution in [0.3, 0.4) is 0 Å². The van der Waals surface area contributed by atoms with Crippen LogP contribution in [0.1, 0.15) is 46.5 Å². The highest BCUT2D eigenvalue weighted by atomic mass is 127. The van der Waals surface area contributed by atoms with Crippen molar-refractivity contribution in [3.63, 3.8) is 0 Å². The fraction of sp³-hybridized carbons (Fsp3) is 0.933. The van der Waals surface area contributed by atoms with Crippen LogP contribution in [-0.4, -0.2) is 50.6 Å². The van der Waals surface area contributed by atoms with Crippen LogP contribution in [0, 0.1) is 5.41 Å². The predicted octanol–water partition coefficient (Wildman–Crippen LogP) is 2.69. The van der Waals surface area contributed by atoms with Gasteiger partial charge >= 0.3 is 0 Å². The van der Waals surface area contributed by atoms with E-state index in [1.165, 1.54) is 25.7 Å². The standard InChI is InChI=1S/C15H32N4.HI/c1-5-15(9-8-10-15)13-18-14(16-6-2)17-11-12-19(4)7-3;/h5-13H2,1-4H3,(H2,16,17,18);1H. The van der Waals surface area contributed by atoms with Gasteiger partial charge in [0.1, 0.15) is 0 Å². The Morgan fingerprint density at radius 2 is 1.90 bits per heavy atom. The Morgan fingerprint density at radius 1 is 1.20 bits per heavy atom. The Hall–Kier alpha value is -0.0400. The van der Waals surface area contributed by atoms with Gasteiger partial charge in [-0.25, -0.2) is 0 Å². The first-order chi connectivity index (χ1) is 9.15. The molecule has 5 heteroatoms. The molecule has 1 saturated carbocycles. The van der Waals surface area contributed by atoms with E-state index < -0.39 is 0 Å². The summed E-state index contributed by atoms with van der Waals surface area (Å²) in [4.78, 5) is 7.08. The summed E-state index contributed by atoms with van der Waals surface area (Å²) in [5, 5.41) is 6.77. The Morgan fingerprint density at radius 3 is 2.35 bits per heavy atom. The lowest BCUT2D eigenvalue weighted by atomic mass is 9.67. The van der Waals surface area contributed by atoms with E-state index in [-0.39, 0.29) is 24.0 Å². The zero-order valence-electron chi connectivity index (χ0n) is 13.7. The molecule has 0 bridgehead atoms. The Bertz CT molecular complexity index is 272. The molecule has 0 aromatic rings. The summed E-state index contributed by atoms with van der Waals surface area (Å²) in [7, 11) is 2.15. The first kappa shape index (κ1) is 20.0. The van der Waals surface area contributed by atoms with Crippen molar-refractivity contribution in [2.75, 3.05) is 39.8 Å². The molecule has 120 valence electrons. The number of hydrogen-bond acceptors (Lipinski definition) is 2. The van der Waals surface area contributed by atoms with Crippen LogP contribution < -0.4 is 10.6 Å². The lowest BCUT2D eigenvalue weighted by Crippen LogP contribution is -2.42. The second kappa shape index (κ2) is 10.7. The van der Waals surface area contributed by atoms with Crippen LogP contribution in [0.4, 0.5) is 0 Å². The predicted molar refractivity (Wildman–Crippen MR) is 99.1 cm³/mol. The number of nitrogens with zero attached hydrogens (tertiary/aromatic N) is 2. The first-order valence-corrected chi connectivity index (χ1v) is 7.86. The maximum absolute atomic E-state index is 4.78. The molecule has 1 aliphatic rings. The molecule has 1 fully saturated rings. The molecule has 2 N–H and O–H groups in total. The third kappa shape index (κ3) is 6.61. The van der Waals surface area contributed by atoms with Crippen molar-refractivity contribution in [1.82, 2.24) is 15.5 Å². The molecule has 0 spiro atoms. The molecule has 20 heavy (non-hydrogen) atoms. The van der Waals surface area contributed by atoms with Crippen molar-refractivity contribution < 1.29 is 0 Å². The van der Waals surface area contributed by atoms with Crippen molar-refractivity contribution in [3.8, 4) is 0 Å². The van der Waals surface area contributed by atoms with Gasteiger partial charge in [0.25, 0.3) is 0 Å². The third-order valence-corrected chi connectivity index (χ3v) is 4.41. The van der Waals surface area contributed by atoms with Gasteiger partial charge in [0.05, 0.1) is 0 Å². The fourth-order valence-corrected chi connectivity index (χ4v) is 2.41. The largest absolute Gasteiger partial charge is 0.357 e. The van der Waals surface area contributed by atoms with Gasteiger partial charge < -0.3 is 15.5 Å². The van der Waals surface area contributed by atoms with Crippen molar-refractivity contribution in [2.24, 2.45) is 10.4 Å². The molecule has 0 radical (unpaired) electrons. The minimum Gasteiger partial charge on any atom is -0.357 e. The van der Waals surface area contributed by atoms with E-state index in [1.54, 1.807) is 0 Å². The molecule has 0 atom stereocenters. The van der Waals surface area contributed by atoms with E-state index in [4.69, 9.17) is 4.99 Å². The van der Waals surface area contributed by atoms with Gasteiger partial charge in [0.2, 0.25) is 0 Å². The summed E-state index contributed by atoms with van der Waals surface area (Å²) in [6, 6.07) is 0. The van der Waals surface area contributed by atoms with E-state index >= 15 is 0 Å². The molecule has 0 unspecified atom stereocenters. The van der Waals surface area contributed by atoms with E-state index in [0.717, 1.165) is 38.7 Å². The van der Waals surface area contributed by atoms with Crippen LogP contribution in [0.25, 0.3) is 0 Å². The molecule has 0 amide bonds. The van der Waals surface area contributed by atoms with Gasteiger partial charge in [-0.1, -0.05) is 20.3 Å². The molecule has 4 nitrogen and oxygen atoms in total. The van der Waals surface area contributed by atoms with Crippen LogP contribution in [0.2, 0.25) is 0 Å². The average molecular weight is 396 g/mol. The normalized spacial score (nSPS) is 17.4. The van der Waals surface area contributed by atoms with E-state index in [0.29, 0.717) is 5.41 Å². The lowest BCUT2D eigenvalue weighted by molar-refractivity contribution is 0.139. The second-order valence-corrected chi connectivity index (χ2v) is 5.72. The van der Waals surface area contributed by atoms with Gasteiger partial charge in [-0.3, -0.25) is 4.99 Å². The number of guanidine groups is 1. The minimum atomic E-state index is 0. The first-order valence-electron chi connectivity index (χ1n) is 7.86. The topological polar surface area (TPSA) is 39.7 Å². The van der Waals surface area contributed by atoms with E-state index in [1.807, 2.05) is 0 Å². The quantitative estimate of drug-likeness (QED) is 0.377. The summed E-state index contributed by atoms with van der Waals surface area (Å²) in [6.07, 6.45) is 5.35. The number of rotatable bonds is 8. The maximum Gasteiger partial charge on any atom is 0.191 e. The highest BCUT2D eigenvalue weighted by Gasteiger charge is 2.34. The summed E-state index contributed by atoms with van der Waals surface area (Å²) >= 11 is 0. The monoisotopic (exact) mass is 396 g/mol. The van der Waals surface area contributed by atoms with Crippen LogP contribution >= 0.6 is 24.0 Å². The number of nitrogens with one attached hydrogen (secondary N) is 2. The summed E-state index contributed by atoms with van der Waals surface area (Å²) in [5.74, 6) is 0.978.